The first-order chi connectivity index (χ1) is 30.4. The molecule has 16 heteroatoms. The second kappa shape index (κ2) is 20.7. The Hall–Kier alpha value is -4.62. The number of fused-ring (bicyclic) bond motifs is 1. The van der Waals surface area contributed by atoms with Crippen LogP contribution in [0.3, 0.4) is 0 Å². The van der Waals surface area contributed by atoms with Gasteiger partial charge in [0.15, 0.2) is 25.7 Å². The first kappa shape index (κ1) is 48.8. The lowest BCUT2D eigenvalue weighted by molar-refractivity contribution is -0.118. The van der Waals surface area contributed by atoms with Gasteiger partial charge in [-0.25, -0.2) is 9.65 Å². The Labute approximate surface area is 380 Å². The molecule has 0 bridgehead atoms. The van der Waals surface area contributed by atoms with E-state index in [-0.39, 0.29) is 65.7 Å². The minimum absolute atomic E-state index is 0.00578. The number of hydrogen-bond donors (Lipinski definition) is 3. The van der Waals surface area contributed by atoms with E-state index >= 15 is 0 Å². The Balaban J connectivity index is 1.60. The number of ether oxygens (including phenoxy) is 1. The van der Waals surface area contributed by atoms with Gasteiger partial charge < -0.3 is 18.2 Å². The van der Waals surface area contributed by atoms with Crippen molar-refractivity contribution in [3.05, 3.63) is 124 Å². The number of H-pyrrole nitrogens is 1. The van der Waals surface area contributed by atoms with Crippen LogP contribution >= 0.6 is 8.53 Å². The van der Waals surface area contributed by atoms with Crippen molar-refractivity contribution in [2.45, 2.75) is 129 Å². The minimum atomic E-state index is -2.65. The summed E-state index contributed by atoms with van der Waals surface area (Å²) >= 11 is 0. The maximum Gasteiger partial charge on any atom is 0.280 e. The normalized spacial score (nSPS) is 18.9. The molecule has 342 valence electrons. The number of aromatic nitrogens is 4. The number of amides is 1. The lowest BCUT2D eigenvalue weighted by atomic mass is 9.76. The maximum atomic E-state index is 13.6. The number of nitrogens with one attached hydrogen (secondary N) is 3. The first-order valence-corrected chi connectivity index (χ1v) is 26.2. The van der Waals surface area contributed by atoms with Gasteiger partial charge in [-0.1, -0.05) is 126 Å². The third-order valence-electron chi connectivity index (χ3n) is 12.1. The van der Waals surface area contributed by atoms with Crippen molar-refractivity contribution in [3.63, 3.8) is 0 Å². The fourth-order valence-corrected chi connectivity index (χ4v) is 10.8. The number of carbonyl (C=O) groups excluding carboxylic acids is 1. The molecule has 1 aliphatic rings. The van der Waals surface area contributed by atoms with Crippen LogP contribution in [0.2, 0.25) is 18.1 Å². The Morgan fingerprint density at radius 3 is 1.95 bits per heavy atom. The first-order valence-electron chi connectivity index (χ1n) is 22.2. The van der Waals surface area contributed by atoms with Gasteiger partial charge in [0, 0.05) is 18.0 Å². The monoisotopic (exact) mass is 908 g/mol. The molecule has 0 radical (unpaired) electrons. The number of carbonyl (C=O) groups is 1. The quantitative estimate of drug-likeness (QED) is 0.0313. The van der Waals surface area contributed by atoms with Crippen molar-refractivity contribution in [2.24, 2.45) is 5.92 Å². The molecule has 0 aliphatic carbocycles. The van der Waals surface area contributed by atoms with Crippen LogP contribution < -0.4 is 16.2 Å². The molecule has 6 rings (SSSR count). The van der Waals surface area contributed by atoms with Crippen molar-refractivity contribution in [1.82, 2.24) is 29.5 Å². The number of rotatable bonds is 19. The van der Waals surface area contributed by atoms with E-state index in [4.69, 9.17) is 23.2 Å². The number of anilines is 1. The van der Waals surface area contributed by atoms with Crippen molar-refractivity contribution < 1.29 is 23.0 Å². The average Bonchev–Trinajstić information content (AvgIpc) is 3.82. The van der Waals surface area contributed by atoms with E-state index in [0.717, 1.165) is 16.7 Å². The zero-order valence-corrected chi connectivity index (χ0v) is 40.9. The van der Waals surface area contributed by atoms with Gasteiger partial charge >= 0.3 is 0 Å². The highest BCUT2D eigenvalue weighted by atomic mass is 31.2. The highest BCUT2D eigenvalue weighted by Gasteiger charge is 2.54. The zero-order valence-electron chi connectivity index (χ0n) is 39.0. The van der Waals surface area contributed by atoms with Crippen LogP contribution in [-0.4, -0.2) is 82.0 Å². The number of benzene rings is 3. The van der Waals surface area contributed by atoms with Crippen LogP contribution in [0.15, 0.2) is 102 Å². The SMILES string of the molecule is CC(C)C(=O)Nc1nc2c(ncn2[C@@H]2O[C@H](COP(OCCC#N)N(C(C)C)C(C)C)[C@@H](NC(c3ccccc3)(c3ccccc3)c3ccccc3)[C@H]2O[Si](C)(C)C(C)(C)C)c(=O)[nH]1. The maximum absolute atomic E-state index is 13.6. The summed E-state index contributed by atoms with van der Waals surface area (Å²) in [6, 6.07) is 32.9. The summed E-state index contributed by atoms with van der Waals surface area (Å²) in [6.45, 7) is 23.3. The molecule has 64 heavy (non-hydrogen) atoms. The average molecular weight is 909 g/mol. The minimum Gasteiger partial charge on any atom is -0.408 e. The van der Waals surface area contributed by atoms with Crippen LogP contribution in [0.1, 0.15) is 91.7 Å². The molecule has 5 atom stereocenters. The summed E-state index contributed by atoms with van der Waals surface area (Å²) in [4.78, 5) is 38.5. The van der Waals surface area contributed by atoms with Gasteiger partial charge in [-0.05, 0) is 62.5 Å². The Morgan fingerprint density at radius 1 is 0.922 bits per heavy atom. The van der Waals surface area contributed by atoms with E-state index in [0.29, 0.717) is 0 Å². The largest absolute Gasteiger partial charge is 0.408 e. The lowest BCUT2D eigenvalue weighted by Gasteiger charge is -2.44. The summed E-state index contributed by atoms with van der Waals surface area (Å²) < 4.78 is 32.2. The van der Waals surface area contributed by atoms with Crippen molar-refractivity contribution in [1.29, 1.82) is 5.26 Å². The number of aromatic amines is 1. The molecule has 0 saturated carbocycles. The Kier molecular flexibility index (Phi) is 15.8. The predicted octanol–water partition coefficient (Wildman–Crippen LogP) is 9.24. The van der Waals surface area contributed by atoms with Gasteiger partial charge in [0.2, 0.25) is 11.9 Å². The lowest BCUT2D eigenvalue weighted by Crippen LogP contribution is -2.59. The topological polar surface area (TPSA) is 169 Å². The van der Waals surface area contributed by atoms with Crippen LogP contribution in [-0.2, 0) is 28.5 Å². The smallest absolute Gasteiger partial charge is 0.280 e. The van der Waals surface area contributed by atoms with E-state index in [1.54, 1.807) is 24.7 Å². The molecule has 14 nitrogen and oxygen atoms in total. The fraction of sp³-hybridized carbons (Fsp3) is 0.479. The van der Waals surface area contributed by atoms with Crippen LogP contribution in [0, 0.1) is 17.2 Å². The number of nitriles is 1. The van der Waals surface area contributed by atoms with E-state index in [2.05, 4.69) is 129 Å². The summed E-state index contributed by atoms with van der Waals surface area (Å²) in [7, 11) is -4.31. The summed E-state index contributed by atoms with van der Waals surface area (Å²) in [5.41, 5.74) is 1.87. The Morgan fingerprint density at radius 2 is 1.47 bits per heavy atom. The van der Waals surface area contributed by atoms with Crippen molar-refractivity contribution in [3.8, 4) is 6.07 Å². The molecule has 1 fully saturated rings. The van der Waals surface area contributed by atoms with Crippen LogP contribution in [0.4, 0.5) is 5.95 Å². The zero-order chi connectivity index (χ0) is 46.4. The molecule has 1 amide bonds. The summed E-state index contributed by atoms with van der Waals surface area (Å²) in [5.74, 6) is -0.642. The third kappa shape index (κ3) is 10.6. The van der Waals surface area contributed by atoms with Gasteiger partial charge in [0.25, 0.3) is 14.1 Å². The molecule has 1 saturated heterocycles. The molecule has 2 aromatic heterocycles. The summed E-state index contributed by atoms with van der Waals surface area (Å²) in [6.07, 6.45) is -0.516. The van der Waals surface area contributed by atoms with Gasteiger partial charge in [-0.3, -0.25) is 29.8 Å². The molecule has 5 aromatic rings. The highest BCUT2D eigenvalue weighted by molar-refractivity contribution is 7.44. The van der Waals surface area contributed by atoms with Crippen LogP contribution in [0.25, 0.3) is 11.2 Å². The molecule has 3 heterocycles. The van der Waals surface area contributed by atoms with Gasteiger partial charge in [0.05, 0.1) is 43.6 Å². The fourth-order valence-electron chi connectivity index (χ4n) is 7.87. The van der Waals surface area contributed by atoms with E-state index in [1.807, 2.05) is 54.6 Å². The molecular weight excluding hydrogens is 844 g/mol. The van der Waals surface area contributed by atoms with Crippen LogP contribution in [0.5, 0.6) is 0 Å². The highest BCUT2D eigenvalue weighted by Crippen LogP contribution is 2.49. The summed E-state index contributed by atoms with van der Waals surface area (Å²) in [5, 5.41) is 16.2. The Bertz CT molecular complexity index is 2300. The second-order valence-corrected chi connectivity index (χ2v) is 24.9. The molecule has 3 N–H and O–H groups in total. The molecule has 1 aliphatic heterocycles. The van der Waals surface area contributed by atoms with E-state index in [1.165, 1.54) is 0 Å². The van der Waals surface area contributed by atoms with E-state index < -0.39 is 52.4 Å². The molecule has 3 aromatic carbocycles. The standard InChI is InChI=1S/C48H65N8O6PSi/c1-32(2)43(57)52-46-51-42-40(44(58)53-46)50-31-55(42)45-41(62-64(10,11)47(7,8)9)39(38(61-45)30-60-63(59-29-21-28-49)56(33(3)4)34(5)6)54-48(35-22-15-12-16-23-35,36-24-17-13-18-25-36)37-26-19-14-20-27-37/h12-20,22-27,31-34,38-39,41,45,54H,21,29-30H2,1-11H3,(H2,51,52,53,57,58)/t38-,39-,41-,45-,63?/m1/s1. The molecule has 1 unspecified atom stereocenters. The predicted molar refractivity (Wildman–Crippen MR) is 255 cm³/mol. The van der Waals surface area contributed by atoms with E-state index in [9.17, 15) is 14.9 Å². The molecular formula is C48H65N8O6PSi. The number of imidazole rings is 1. The third-order valence-corrected chi connectivity index (χ3v) is 18.6. The molecule has 0 spiro atoms. The van der Waals surface area contributed by atoms with Crippen molar-refractivity contribution >= 4 is 39.9 Å². The van der Waals surface area contributed by atoms with Crippen molar-refractivity contribution in [2.75, 3.05) is 18.5 Å². The number of nitrogens with zero attached hydrogens (tertiary/aromatic N) is 5. The number of hydrogen-bond acceptors (Lipinski definition) is 11. The van der Waals surface area contributed by atoms with Gasteiger partial charge in [-0.15, -0.1) is 0 Å². The van der Waals surface area contributed by atoms with Gasteiger partial charge in [-0.2, -0.15) is 10.2 Å². The van der Waals surface area contributed by atoms with Gasteiger partial charge in [0.1, 0.15) is 12.2 Å². The second-order valence-electron chi connectivity index (χ2n) is 18.7.